The number of benzene rings is 2. The molecule has 2 nitrogen and oxygen atoms in total. The normalized spacial score (nSPS) is 11.0. The second-order valence-corrected chi connectivity index (χ2v) is 7.15. The first-order valence-electron chi connectivity index (χ1n) is 6.48. The molecule has 0 spiro atoms. The van der Waals surface area contributed by atoms with Crippen molar-refractivity contribution in [3.8, 4) is 16.5 Å². The number of nitriles is 1. The van der Waals surface area contributed by atoms with E-state index in [1.807, 2.05) is 6.07 Å². The Morgan fingerprint density at radius 3 is 2.62 bits per heavy atom. The SMILES string of the molecule is N#Cc1c(N)sc2sc(-c3cccc4ccccc34)cc12. The largest absolute Gasteiger partial charge is 0.389 e. The van der Waals surface area contributed by atoms with Crippen LogP contribution in [0.4, 0.5) is 5.00 Å². The van der Waals surface area contributed by atoms with Gasteiger partial charge in [0.2, 0.25) is 0 Å². The Morgan fingerprint density at radius 1 is 0.952 bits per heavy atom. The summed E-state index contributed by atoms with van der Waals surface area (Å²) in [7, 11) is 0. The van der Waals surface area contributed by atoms with Crippen LogP contribution in [0.2, 0.25) is 0 Å². The van der Waals surface area contributed by atoms with E-state index in [2.05, 4.69) is 48.5 Å². The predicted molar refractivity (Wildman–Crippen MR) is 91.8 cm³/mol. The summed E-state index contributed by atoms with van der Waals surface area (Å²) in [4.78, 5) is 1.18. The van der Waals surface area contributed by atoms with E-state index in [1.165, 1.54) is 32.5 Å². The van der Waals surface area contributed by atoms with Crippen LogP contribution in [0.25, 0.3) is 30.6 Å². The third-order valence-corrected chi connectivity index (χ3v) is 5.88. The number of fused-ring (bicyclic) bond motifs is 2. The molecule has 100 valence electrons. The molecule has 0 saturated carbocycles. The Kier molecular flexibility index (Phi) is 2.71. The summed E-state index contributed by atoms with van der Waals surface area (Å²) in [6.45, 7) is 0. The van der Waals surface area contributed by atoms with Gasteiger partial charge in [0.15, 0.2) is 0 Å². The maximum atomic E-state index is 9.24. The minimum absolute atomic E-state index is 0.609. The number of hydrogen-bond donors (Lipinski definition) is 1. The van der Waals surface area contributed by atoms with Crippen molar-refractivity contribution >= 4 is 47.8 Å². The quantitative estimate of drug-likeness (QED) is 0.523. The monoisotopic (exact) mass is 306 g/mol. The highest BCUT2D eigenvalue weighted by atomic mass is 32.2. The Balaban J connectivity index is 2.01. The Hall–Kier alpha value is -2.35. The zero-order chi connectivity index (χ0) is 14.4. The van der Waals surface area contributed by atoms with Crippen molar-refractivity contribution < 1.29 is 0 Å². The average Bonchev–Trinajstić information content (AvgIpc) is 3.03. The fraction of sp³-hybridized carbons (Fsp3) is 0. The molecule has 21 heavy (non-hydrogen) atoms. The summed E-state index contributed by atoms with van der Waals surface area (Å²) in [5, 5.41) is 13.3. The fourth-order valence-corrected chi connectivity index (χ4v) is 4.97. The van der Waals surface area contributed by atoms with Crippen molar-refractivity contribution in [1.82, 2.24) is 0 Å². The highest BCUT2D eigenvalue weighted by Crippen LogP contribution is 2.43. The molecule has 2 N–H and O–H groups in total. The van der Waals surface area contributed by atoms with Crippen LogP contribution in [0.1, 0.15) is 5.56 Å². The van der Waals surface area contributed by atoms with Crippen molar-refractivity contribution in [2.24, 2.45) is 0 Å². The maximum absolute atomic E-state index is 9.24. The van der Waals surface area contributed by atoms with Crippen LogP contribution in [0.3, 0.4) is 0 Å². The van der Waals surface area contributed by atoms with Gasteiger partial charge in [0, 0.05) is 10.3 Å². The van der Waals surface area contributed by atoms with Crippen molar-refractivity contribution in [3.63, 3.8) is 0 Å². The van der Waals surface area contributed by atoms with E-state index < -0.39 is 0 Å². The molecule has 0 saturated heterocycles. The van der Waals surface area contributed by atoms with E-state index in [1.54, 1.807) is 11.3 Å². The fourth-order valence-electron chi connectivity index (χ4n) is 2.60. The van der Waals surface area contributed by atoms with Crippen molar-refractivity contribution in [2.75, 3.05) is 5.73 Å². The summed E-state index contributed by atoms with van der Waals surface area (Å²) >= 11 is 3.20. The van der Waals surface area contributed by atoms with Gasteiger partial charge in [0.05, 0.1) is 9.58 Å². The first kappa shape index (κ1) is 12.4. The van der Waals surface area contributed by atoms with Crippen molar-refractivity contribution in [1.29, 1.82) is 5.26 Å². The number of nitrogens with two attached hydrogens (primary N) is 1. The lowest BCUT2D eigenvalue weighted by molar-refractivity contribution is 1.52. The minimum atomic E-state index is 0.609. The van der Waals surface area contributed by atoms with Crippen LogP contribution in [-0.2, 0) is 0 Å². The van der Waals surface area contributed by atoms with Crippen LogP contribution in [0, 0.1) is 11.3 Å². The second-order valence-electron chi connectivity index (χ2n) is 4.79. The van der Waals surface area contributed by atoms with E-state index in [0.717, 1.165) is 9.40 Å². The van der Waals surface area contributed by atoms with E-state index in [0.29, 0.717) is 10.6 Å². The van der Waals surface area contributed by atoms with E-state index in [9.17, 15) is 5.26 Å². The van der Waals surface area contributed by atoms with Crippen LogP contribution in [0.5, 0.6) is 0 Å². The molecule has 0 atom stereocenters. The van der Waals surface area contributed by atoms with Gasteiger partial charge >= 0.3 is 0 Å². The smallest absolute Gasteiger partial charge is 0.106 e. The van der Waals surface area contributed by atoms with E-state index >= 15 is 0 Å². The molecule has 4 rings (SSSR count). The van der Waals surface area contributed by atoms with Gasteiger partial charge < -0.3 is 5.73 Å². The van der Waals surface area contributed by atoms with E-state index in [-0.39, 0.29) is 0 Å². The lowest BCUT2D eigenvalue weighted by Crippen LogP contribution is -1.82. The highest BCUT2D eigenvalue weighted by molar-refractivity contribution is 7.41. The molecule has 0 amide bonds. The zero-order valence-corrected chi connectivity index (χ0v) is 12.6. The van der Waals surface area contributed by atoms with Gasteiger partial charge in [0.1, 0.15) is 11.1 Å². The molecule has 0 unspecified atom stereocenters. The molecule has 0 bridgehead atoms. The van der Waals surface area contributed by atoms with Gasteiger partial charge in [-0.05, 0) is 22.4 Å². The average molecular weight is 306 g/mol. The number of hydrogen-bond acceptors (Lipinski definition) is 4. The Morgan fingerprint density at radius 2 is 1.76 bits per heavy atom. The van der Waals surface area contributed by atoms with E-state index in [4.69, 9.17) is 5.73 Å². The standard InChI is InChI=1S/C17H10N2S2/c18-9-14-13-8-15(20-17(13)21-16(14)19)12-7-3-5-10-4-1-2-6-11(10)12/h1-8H,19H2. The number of anilines is 1. The molecule has 0 aliphatic rings. The maximum Gasteiger partial charge on any atom is 0.106 e. The van der Waals surface area contributed by atoms with Crippen molar-refractivity contribution in [2.45, 2.75) is 0 Å². The third-order valence-electron chi connectivity index (χ3n) is 3.58. The van der Waals surface area contributed by atoms with Crippen LogP contribution >= 0.6 is 22.7 Å². The second kappa shape index (κ2) is 4.59. The van der Waals surface area contributed by atoms with Gasteiger partial charge in [-0.25, -0.2) is 0 Å². The summed E-state index contributed by atoms with van der Waals surface area (Å²) in [6.07, 6.45) is 0. The molecule has 0 aliphatic heterocycles. The highest BCUT2D eigenvalue weighted by Gasteiger charge is 2.15. The molecular formula is C17H10N2S2. The minimum Gasteiger partial charge on any atom is -0.389 e. The van der Waals surface area contributed by atoms with Gasteiger partial charge in [-0.2, -0.15) is 5.26 Å². The lowest BCUT2D eigenvalue weighted by Gasteiger charge is -2.03. The van der Waals surface area contributed by atoms with Crippen LogP contribution in [-0.4, -0.2) is 0 Å². The number of rotatable bonds is 1. The molecule has 2 aromatic heterocycles. The summed E-state index contributed by atoms with van der Waals surface area (Å²) in [5.41, 5.74) is 7.71. The summed E-state index contributed by atoms with van der Waals surface area (Å²) in [6, 6.07) is 19.0. The first-order chi connectivity index (χ1) is 10.3. The summed E-state index contributed by atoms with van der Waals surface area (Å²) in [5.74, 6) is 0. The number of nitrogen functional groups attached to an aromatic ring is 1. The van der Waals surface area contributed by atoms with Gasteiger partial charge in [-0.1, -0.05) is 42.5 Å². The van der Waals surface area contributed by atoms with Gasteiger partial charge in [-0.3, -0.25) is 0 Å². The molecular weight excluding hydrogens is 296 g/mol. The third kappa shape index (κ3) is 1.83. The van der Waals surface area contributed by atoms with Gasteiger partial charge in [-0.15, -0.1) is 22.7 Å². The molecule has 0 radical (unpaired) electrons. The lowest BCUT2D eigenvalue weighted by atomic mass is 10.0. The number of nitrogens with zero attached hydrogens (tertiary/aromatic N) is 1. The Bertz CT molecular complexity index is 1010. The summed E-state index contributed by atoms with van der Waals surface area (Å²) < 4.78 is 1.12. The van der Waals surface area contributed by atoms with Crippen LogP contribution in [0.15, 0.2) is 48.5 Å². The molecule has 2 aromatic carbocycles. The zero-order valence-electron chi connectivity index (χ0n) is 11.0. The van der Waals surface area contributed by atoms with Crippen molar-refractivity contribution in [3.05, 3.63) is 54.1 Å². The Labute approximate surface area is 129 Å². The number of thiophene rings is 2. The molecule has 0 aliphatic carbocycles. The topological polar surface area (TPSA) is 49.8 Å². The molecule has 2 heterocycles. The predicted octanol–water partition coefficient (Wildman–Crippen LogP) is 5.24. The molecule has 4 heteroatoms. The first-order valence-corrected chi connectivity index (χ1v) is 8.11. The molecule has 4 aromatic rings. The van der Waals surface area contributed by atoms with Crippen LogP contribution < -0.4 is 5.73 Å². The molecule has 0 fully saturated rings. The van der Waals surface area contributed by atoms with Gasteiger partial charge in [0.25, 0.3) is 0 Å².